The van der Waals surface area contributed by atoms with Gasteiger partial charge in [-0.05, 0) is 17.5 Å². The second kappa shape index (κ2) is 4.96. The molecule has 1 aliphatic rings. The molecule has 0 amide bonds. The van der Waals surface area contributed by atoms with Crippen LogP contribution in [0.25, 0.3) is 0 Å². The summed E-state index contributed by atoms with van der Waals surface area (Å²) in [6.45, 7) is 1.36. The molecule has 0 fully saturated rings. The molecule has 2 N–H and O–H groups in total. The number of alkyl halides is 3. The molecule has 0 aliphatic carbocycles. The van der Waals surface area contributed by atoms with Gasteiger partial charge >= 0.3 is 6.18 Å². The monoisotopic (exact) mass is 244 g/mol. The number of para-hydroxylation sites is 1. The van der Waals surface area contributed by atoms with Crippen LogP contribution >= 0.6 is 0 Å². The van der Waals surface area contributed by atoms with Gasteiger partial charge in [0.2, 0.25) is 0 Å². The molecule has 17 heavy (non-hydrogen) atoms. The van der Waals surface area contributed by atoms with Crippen molar-refractivity contribution in [2.24, 2.45) is 0 Å². The van der Waals surface area contributed by atoms with Gasteiger partial charge in [0.05, 0.1) is 6.42 Å². The fourth-order valence-corrected chi connectivity index (χ4v) is 2.01. The molecule has 0 saturated heterocycles. The summed E-state index contributed by atoms with van der Waals surface area (Å²) in [7, 11) is 0. The lowest BCUT2D eigenvalue weighted by Gasteiger charge is -2.11. The molecule has 0 bridgehead atoms. The summed E-state index contributed by atoms with van der Waals surface area (Å²) in [5.41, 5.74) is 3.38. The maximum Gasteiger partial charge on any atom is 0.390 e. The first-order valence-corrected chi connectivity index (χ1v) is 5.68. The first-order valence-electron chi connectivity index (χ1n) is 5.68. The van der Waals surface area contributed by atoms with Gasteiger partial charge in [0.1, 0.15) is 0 Å². The lowest BCUT2D eigenvalue weighted by atomic mass is 10.1. The van der Waals surface area contributed by atoms with Gasteiger partial charge in [-0.15, -0.1) is 0 Å². The minimum atomic E-state index is -4.08. The molecule has 1 aliphatic heterocycles. The summed E-state index contributed by atoms with van der Waals surface area (Å²) in [4.78, 5) is 0. The molecule has 5 heteroatoms. The van der Waals surface area contributed by atoms with E-state index in [0.717, 1.165) is 24.2 Å². The zero-order valence-electron chi connectivity index (χ0n) is 9.40. The summed E-state index contributed by atoms with van der Waals surface area (Å²) in [6, 6.07) is 5.94. The zero-order chi connectivity index (χ0) is 12.3. The van der Waals surface area contributed by atoms with E-state index in [1.807, 2.05) is 12.1 Å². The van der Waals surface area contributed by atoms with Gasteiger partial charge in [-0.2, -0.15) is 13.2 Å². The standard InChI is InChI=1S/C12H15F3N2/c13-12(14,15)5-7-16-8-10-3-1-2-9-4-6-17-11(9)10/h1-3,16-17H,4-8H2. The van der Waals surface area contributed by atoms with Gasteiger partial charge in [0.25, 0.3) is 0 Å². The van der Waals surface area contributed by atoms with Crippen LogP contribution < -0.4 is 10.6 Å². The molecule has 1 aromatic carbocycles. The molecule has 0 radical (unpaired) electrons. The number of nitrogens with one attached hydrogen (secondary N) is 2. The molecule has 94 valence electrons. The molecule has 1 heterocycles. The van der Waals surface area contributed by atoms with Crippen molar-refractivity contribution in [3.8, 4) is 0 Å². The molecule has 0 unspecified atom stereocenters. The predicted octanol–water partition coefficient (Wildman–Crippen LogP) is 2.70. The maximum absolute atomic E-state index is 11.9. The first-order chi connectivity index (χ1) is 8.06. The van der Waals surface area contributed by atoms with Crippen LogP contribution in [0, 0.1) is 0 Å². The number of anilines is 1. The van der Waals surface area contributed by atoms with Crippen LogP contribution in [0.5, 0.6) is 0 Å². The Hall–Kier alpha value is -1.23. The fraction of sp³-hybridized carbons (Fsp3) is 0.500. The van der Waals surface area contributed by atoms with Crippen molar-refractivity contribution in [2.45, 2.75) is 25.6 Å². The molecule has 0 spiro atoms. The zero-order valence-corrected chi connectivity index (χ0v) is 9.40. The summed E-state index contributed by atoms with van der Waals surface area (Å²) in [6.07, 6.45) is -3.87. The van der Waals surface area contributed by atoms with Crippen LogP contribution in [0.1, 0.15) is 17.5 Å². The third kappa shape index (κ3) is 3.36. The van der Waals surface area contributed by atoms with Gasteiger partial charge < -0.3 is 10.6 Å². The summed E-state index contributed by atoms with van der Waals surface area (Å²) >= 11 is 0. The molecular weight excluding hydrogens is 229 g/mol. The normalized spacial score (nSPS) is 14.5. The van der Waals surface area contributed by atoms with E-state index in [4.69, 9.17) is 0 Å². The number of fused-ring (bicyclic) bond motifs is 1. The van der Waals surface area contributed by atoms with E-state index < -0.39 is 12.6 Å². The highest BCUT2D eigenvalue weighted by Crippen LogP contribution is 2.26. The van der Waals surface area contributed by atoms with Crippen molar-refractivity contribution in [3.05, 3.63) is 29.3 Å². The topological polar surface area (TPSA) is 24.1 Å². The second-order valence-corrected chi connectivity index (χ2v) is 4.17. The van der Waals surface area contributed by atoms with Crippen molar-refractivity contribution in [1.29, 1.82) is 0 Å². The predicted molar refractivity (Wildman–Crippen MR) is 61.0 cm³/mol. The highest BCUT2D eigenvalue weighted by molar-refractivity contribution is 5.61. The summed E-state index contributed by atoms with van der Waals surface area (Å²) in [5.74, 6) is 0. The van der Waals surface area contributed by atoms with E-state index >= 15 is 0 Å². The largest absolute Gasteiger partial charge is 0.390 e. The number of halogens is 3. The van der Waals surface area contributed by atoms with Gasteiger partial charge in [0.15, 0.2) is 0 Å². The van der Waals surface area contributed by atoms with Crippen molar-refractivity contribution in [3.63, 3.8) is 0 Å². The van der Waals surface area contributed by atoms with Crippen LogP contribution in [0.4, 0.5) is 18.9 Å². The minimum Gasteiger partial charge on any atom is -0.384 e. The Bertz CT molecular complexity index is 388. The number of hydrogen-bond donors (Lipinski definition) is 2. The quantitative estimate of drug-likeness (QED) is 0.796. The van der Waals surface area contributed by atoms with Crippen LogP contribution in [0.2, 0.25) is 0 Å². The van der Waals surface area contributed by atoms with Gasteiger partial charge in [-0.25, -0.2) is 0 Å². The lowest BCUT2D eigenvalue weighted by molar-refractivity contribution is -0.133. The van der Waals surface area contributed by atoms with Crippen LogP contribution in [-0.2, 0) is 13.0 Å². The van der Waals surface area contributed by atoms with Crippen molar-refractivity contribution >= 4 is 5.69 Å². The average molecular weight is 244 g/mol. The van der Waals surface area contributed by atoms with Crippen LogP contribution in [0.3, 0.4) is 0 Å². The van der Waals surface area contributed by atoms with E-state index in [1.165, 1.54) is 5.56 Å². The van der Waals surface area contributed by atoms with Crippen molar-refractivity contribution < 1.29 is 13.2 Å². The smallest absolute Gasteiger partial charge is 0.384 e. The minimum absolute atomic E-state index is 0.0346. The molecule has 2 rings (SSSR count). The Kier molecular flexibility index (Phi) is 3.57. The van der Waals surface area contributed by atoms with Gasteiger partial charge in [-0.1, -0.05) is 18.2 Å². The van der Waals surface area contributed by atoms with E-state index in [0.29, 0.717) is 6.54 Å². The molecule has 0 atom stereocenters. The Morgan fingerprint density at radius 2 is 2.12 bits per heavy atom. The second-order valence-electron chi connectivity index (χ2n) is 4.17. The highest BCUT2D eigenvalue weighted by Gasteiger charge is 2.26. The molecule has 0 aromatic heterocycles. The van der Waals surface area contributed by atoms with Crippen molar-refractivity contribution in [2.75, 3.05) is 18.4 Å². The van der Waals surface area contributed by atoms with Gasteiger partial charge in [0, 0.05) is 25.3 Å². The van der Waals surface area contributed by atoms with E-state index in [-0.39, 0.29) is 6.54 Å². The van der Waals surface area contributed by atoms with E-state index in [1.54, 1.807) is 0 Å². The molecule has 2 nitrogen and oxygen atoms in total. The lowest BCUT2D eigenvalue weighted by Crippen LogP contribution is -2.21. The van der Waals surface area contributed by atoms with Crippen LogP contribution in [0.15, 0.2) is 18.2 Å². The summed E-state index contributed by atoms with van der Waals surface area (Å²) < 4.78 is 35.8. The SMILES string of the molecule is FC(F)(F)CCNCc1cccc2c1NCC2. The van der Waals surface area contributed by atoms with Gasteiger partial charge in [-0.3, -0.25) is 0 Å². The van der Waals surface area contributed by atoms with E-state index in [9.17, 15) is 13.2 Å². The average Bonchev–Trinajstić information content (AvgIpc) is 2.71. The Balaban J connectivity index is 1.86. The van der Waals surface area contributed by atoms with Crippen molar-refractivity contribution in [1.82, 2.24) is 5.32 Å². The Labute approximate surface area is 98.2 Å². The molecular formula is C12H15F3N2. The third-order valence-electron chi connectivity index (χ3n) is 2.83. The first kappa shape index (κ1) is 12.2. The number of rotatable bonds is 4. The molecule has 1 aromatic rings. The Morgan fingerprint density at radius 3 is 2.88 bits per heavy atom. The highest BCUT2D eigenvalue weighted by atomic mass is 19.4. The number of hydrogen-bond acceptors (Lipinski definition) is 2. The summed E-state index contributed by atoms with van der Waals surface area (Å²) in [5, 5.41) is 6.09. The fourth-order valence-electron chi connectivity index (χ4n) is 2.01. The van der Waals surface area contributed by atoms with Crippen LogP contribution in [-0.4, -0.2) is 19.3 Å². The number of benzene rings is 1. The third-order valence-corrected chi connectivity index (χ3v) is 2.83. The van der Waals surface area contributed by atoms with E-state index in [2.05, 4.69) is 16.7 Å². The molecule has 0 saturated carbocycles. The maximum atomic E-state index is 11.9. The Morgan fingerprint density at radius 1 is 1.29 bits per heavy atom.